The summed E-state index contributed by atoms with van der Waals surface area (Å²) in [6.07, 6.45) is 1.91. The van der Waals surface area contributed by atoms with Crippen molar-refractivity contribution in [1.82, 2.24) is 10.2 Å². The number of carbonyl (C=O) groups is 2. The maximum absolute atomic E-state index is 13.7. The molecule has 3 rings (SSSR count). The Labute approximate surface area is 191 Å². The fraction of sp³-hybridized carbons (Fsp3) is 0.360. The van der Waals surface area contributed by atoms with Crippen molar-refractivity contribution in [3.8, 4) is 12.3 Å². The van der Waals surface area contributed by atoms with E-state index in [-0.39, 0.29) is 29.1 Å². The lowest BCUT2D eigenvalue weighted by Crippen LogP contribution is -2.38. The number of halogens is 3. The number of aryl methyl sites for hydroxylation is 1. The van der Waals surface area contributed by atoms with Crippen molar-refractivity contribution >= 4 is 17.4 Å². The van der Waals surface area contributed by atoms with Crippen LogP contribution in [0.1, 0.15) is 45.5 Å². The number of nitrogens with zero attached hydrogens (tertiary/aromatic N) is 1. The number of hydrogen-bond acceptors (Lipinski definition) is 4. The highest BCUT2D eigenvalue weighted by atomic mass is 19.4. The summed E-state index contributed by atoms with van der Waals surface area (Å²) in [6, 6.07) is 8.57. The fourth-order valence-corrected chi connectivity index (χ4v) is 3.68. The highest BCUT2D eigenvalue weighted by molar-refractivity contribution is 6.04. The molecule has 33 heavy (non-hydrogen) atoms. The van der Waals surface area contributed by atoms with Gasteiger partial charge in [-0.3, -0.25) is 9.59 Å². The molecule has 174 valence electrons. The van der Waals surface area contributed by atoms with Crippen LogP contribution in [0, 0.1) is 19.3 Å². The van der Waals surface area contributed by atoms with Crippen LogP contribution in [0.4, 0.5) is 18.9 Å². The third-order valence-corrected chi connectivity index (χ3v) is 5.66. The van der Waals surface area contributed by atoms with E-state index >= 15 is 0 Å². The van der Waals surface area contributed by atoms with Crippen LogP contribution in [0.5, 0.6) is 0 Å². The van der Waals surface area contributed by atoms with Crippen molar-refractivity contribution in [2.45, 2.75) is 32.5 Å². The SMILES string of the molecule is C#Cc1cc(C(=O)Nc2ccc(CNCCN3CCC(=O)CC3)c(C(F)(F)F)c2)ccc1C. The lowest BCUT2D eigenvalue weighted by Gasteiger charge is -2.25. The Morgan fingerprint density at radius 2 is 1.88 bits per heavy atom. The number of ketones is 1. The van der Waals surface area contributed by atoms with Crippen LogP contribution in [0.2, 0.25) is 0 Å². The average molecular weight is 457 g/mol. The third-order valence-electron chi connectivity index (χ3n) is 5.66. The molecule has 1 aliphatic rings. The molecule has 0 aromatic heterocycles. The predicted octanol–water partition coefficient (Wildman–Crippen LogP) is 4.00. The number of Topliss-reactive ketones (excluding diaryl/α,β-unsaturated/α-hetero) is 1. The zero-order valence-corrected chi connectivity index (χ0v) is 18.4. The van der Waals surface area contributed by atoms with E-state index in [0.29, 0.717) is 44.6 Å². The third kappa shape index (κ3) is 6.67. The zero-order chi connectivity index (χ0) is 24.0. The topological polar surface area (TPSA) is 61.4 Å². The van der Waals surface area contributed by atoms with E-state index in [2.05, 4.69) is 21.5 Å². The van der Waals surface area contributed by atoms with Gasteiger partial charge in [0.25, 0.3) is 5.91 Å². The largest absolute Gasteiger partial charge is 0.416 e. The van der Waals surface area contributed by atoms with Gasteiger partial charge in [-0.15, -0.1) is 6.42 Å². The van der Waals surface area contributed by atoms with Gasteiger partial charge in [-0.25, -0.2) is 0 Å². The van der Waals surface area contributed by atoms with Gasteiger partial charge in [-0.1, -0.05) is 18.1 Å². The molecule has 1 saturated heterocycles. The van der Waals surface area contributed by atoms with Crippen LogP contribution in [0.3, 0.4) is 0 Å². The number of nitrogens with one attached hydrogen (secondary N) is 2. The van der Waals surface area contributed by atoms with Gasteiger partial charge in [0.15, 0.2) is 0 Å². The summed E-state index contributed by atoms with van der Waals surface area (Å²) in [5.74, 6) is 2.20. The molecule has 0 radical (unpaired) electrons. The maximum atomic E-state index is 13.7. The van der Waals surface area contributed by atoms with Crippen LogP contribution < -0.4 is 10.6 Å². The highest BCUT2D eigenvalue weighted by Gasteiger charge is 2.33. The molecule has 0 bridgehead atoms. The summed E-state index contributed by atoms with van der Waals surface area (Å²) >= 11 is 0. The number of alkyl halides is 3. The van der Waals surface area contributed by atoms with Gasteiger partial charge in [0.1, 0.15) is 5.78 Å². The molecule has 0 aliphatic carbocycles. The second-order valence-corrected chi connectivity index (χ2v) is 8.05. The molecule has 1 aliphatic heterocycles. The summed E-state index contributed by atoms with van der Waals surface area (Å²) in [4.78, 5) is 25.9. The van der Waals surface area contributed by atoms with Gasteiger partial charge in [-0.05, 0) is 42.3 Å². The Balaban J connectivity index is 1.64. The molecule has 0 unspecified atom stereocenters. The molecule has 1 fully saturated rings. The molecule has 0 atom stereocenters. The van der Waals surface area contributed by atoms with Crippen molar-refractivity contribution in [3.63, 3.8) is 0 Å². The first kappa shape index (κ1) is 24.5. The second kappa shape index (κ2) is 10.6. The summed E-state index contributed by atoms with van der Waals surface area (Å²) in [5.41, 5.74) is 1.00. The molecular formula is C25H26F3N3O2. The highest BCUT2D eigenvalue weighted by Crippen LogP contribution is 2.34. The summed E-state index contributed by atoms with van der Waals surface area (Å²) in [7, 11) is 0. The number of piperidine rings is 1. The van der Waals surface area contributed by atoms with Gasteiger partial charge < -0.3 is 15.5 Å². The van der Waals surface area contributed by atoms with Gasteiger partial charge in [0, 0.05) is 62.4 Å². The van der Waals surface area contributed by atoms with E-state index in [1.54, 1.807) is 12.1 Å². The van der Waals surface area contributed by atoms with Crippen molar-refractivity contribution < 1.29 is 22.8 Å². The number of hydrogen-bond donors (Lipinski definition) is 2. The summed E-state index contributed by atoms with van der Waals surface area (Å²) in [5, 5.41) is 5.56. The van der Waals surface area contributed by atoms with Crippen molar-refractivity contribution in [3.05, 3.63) is 64.2 Å². The number of benzene rings is 2. The lowest BCUT2D eigenvalue weighted by molar-refractivity contribution is -0.138. The molecular weight excluding hydrogens is 431 g/mol. The van der Waals surface area contributed by atoms with Gasteiger partial charge >= 0.3 is 6.18 Å². The number of carbonyl (C=O) groups excluding carboxylic acids is 2. The van der Waals surface area contributed by atoms with Gasteiger partial charge in [0.2, 0.25) is 0 Å². The standard InChI is InChI=1S/C25H26F3N3O2/c1-3-18-14-19(5-4-17(18)2)24(33)30-21-7-6-20(23(15-21)25(26,27)28)16-29-10-13-31-11-8-22(32)9-12-31/h1,4-7,14-15,29H,8-13,16H2,2H3,(H,30,33). The molecule has 2 N–H and O–H groups in total. The first-order valence-electron chi connectivity index (χ1n) is 10.7. The van der Waals surface area contributed by atoms with E-state index in [1.807, 2.05) is 6.92 Å². The molecule has 0 spiro atoms. The first-order valence-corrected chi connectivity index (χ1v) is 10.7. The first-order chi connectivity index (χ1) is 15.7. The normalized spacial score (nSPS) is 14.7. The smallest absolute Gasteiger partial charge is 0.322 e. The number of terminal acetylenes is 1. The Bertz CT molecular complexity index is 1060. The van der Waals surface area contributed by atoms with Crippen molar-refractivity contribution in [1.29, 1.82) is 0 Å². The lowest BCUT2D eigenvalue weighted by atomic mass is 10.0. The van der Waals surface area contributed by atoms with Crippen LogP contribution >= 0.6 is 0 Å². The molecule has 1 heterocycles. The number of anilines is 1. The van der Waals surface area contributed by atoms with E-state index in [4.69, 9.17) is 6.42 Å². The Morgan fingerprint density at radius 1 is 1.15 bits per heavy atom. The minimum atomic E-state index is -4.56. The molecule has 0 saturated carbocycles. The quantitative estimate of drug-likeness (QED) is 0.487. The average Bonchev–Trinajstić information content (AvgIpc) is 2.78. The second-order valence-electron chi connectivity index (χ2n) is 8.05. The van der Waals surface area contributed by atoms with E-state index in [0.717, 1.165) is 11.6 Å². The van der Waals surface area contributed by atoms with E-state index in [1.165, 1.54) is 18.2 Å². The van der Waals surface area contributed by atoms with Crippen LogP contribution in [0.15, 0.2) is 36.4 Å². The monoisotopic (exact) mass is 457 g/mol. The van der Waals surface area contributed by atoms with Crippen LogP contribution in [-0.4, -0.2) is 42.8 Å². The van der Waals surface area contributed by atoms with Gasteiger partial charge in [0.05, 0.1) is 5.56 Å². The van der Waals surface area contributed by atoms with E-state index in [9.17, 15) is 22.8 Å². The molecule has 2 aromatic carbocycles. The zero-order valence-electron chi connectivity index (χ0n) is 18.4. The number of rotatable bonds is 7. The summed E-state index contributed by atoms with van der Waals surface area (Å²) < 4.78 is 41.0. The Morgan fingerprint density at radius 3 is 2.55 bits per heavy atom. The molecule has 5 nitrogen and oxygen atoms in total. The van der Waals surface area contributed by atoms with E-state index < -0.39 is 17.6 Å². The molecule has 2 aromatic rings. The maximum Gasteiger partial charge on any atom is 0.416 e. The van der Waals surface area contributed by atoms with Crippen molar-refractivity contribution in [2.75, 3.05) is 31.5 Å². The van der Waals surface area contributed by atoms with Crippen LogP contribution in [0.25, 0.3) is 0 Å². The fourth-order valence-electron chi connectivity index (χ4n) is 3.68. The minimum absolute atomic E-state index is 0.0410. The number of likely N-dealkylation sites (tertiary alicyclic amines) is 1. The minimum Gasteiger partial charge on any atom is -0.322 e. The number of amides is 1. The summed E-state index contributed by atoms with van der Waals surface area (Å²) in [6.45, 7) is 4.40. The predicted molar refractivity (Wildman–Crippen MR) is 121 cm³/mol. The molecule has 8 heteroatoms. The Kier molecular flexibility index (Phi) is 7.90. The van der Waals surface area contributed by atoms with Crippen LogP contribution in [-0.2, 0) is 17.5 Å². The molecule has 1 amide bonds. The van der Waals surface area contributed by atoms with Crippen molar-refractivity contribution in [2.24, 2.45) is 0 Å². The Hall–Kier alpha value is -3.15. The van der Waals surface area contributed by atoms with Gasteiger partial charge in [-0.2, -0.15) is 13.2 Å².